The summed E-state index contributed by atoms with van der Waals surface area (Å²) in [5.41, 5.74) is 5.32. The number of primary amides is 1. The minimum absolute atomic E-state index is 0.0785. The maximum atomic E-state index is 12.3. The molecule has 1 aliphatic carbocycles. The molecule has 126 valence electrons. The molecule has 0 aromatic rings. The van der Waals surface area contributed by atoms with Crippen LogP contribution in [0.25, 0.3) is 0 Å². The highest BCUT2D eigenvalue weighted by atomic mass is 16.2. The van der Waals surface area contributed by atoms with Crippen LogP contribution in [0.2, 0.25) is 0 Å². The van der Waals surface area contributed by atoms with Crippen LogP contribution >= 0.6 is 0 Å². The fraction of sp³-hybridized carbons (Fsp3) is 0.882. The van der Waals surface area contributed by atoms with Crippen LogP contribution in [0.3, 0.4) is 0 Å². The van der Waals surface area contributed by atoms with E-state index in [1.165, 1.54) is 0 Å². The van der Waals surface area contributed by atoms with Gasteiger partial charge in [0.15, 0.2) is 0 Å². The molecule has 3 N–H and O–H groups in total. The van der Waals surface area contributed by atoms with E-state index in [4.69, 9.17) is 5.73 Å². The summed E-state index contributed by atoms with van der Waals surface area (Å²) in [7, 11) is 4.49. The standard InChI is InChI=1S/C17H31N3O2/c1-5-19-16(22)17(6-7-17)9-14-11-20(3,4)10-13(14)8-12(2)15(18)21/h12-14H,5-11H2,1-4H3,(H2-,18,19,21,22)/p+1. The third-order valence-corrected chi connectivity index (χ3v) is 5.59. The molecule has 0 aromatic heterocycles. The first kappa shape index (κ1) is 17.3. The van der Waals surface area contributed by atoms with Crippen molar-refractivity contribution in [2.75, 3.05) is 33.7 Å². The fourth-order valence-corrected chi connectivity index (χ4v) is 4.24. The molecule has 2 fully saturated rings. The molecule has 3 atom stereocenters. The first-order valence-corrected chi connectivity index (χ1v) is 8.59. The molecule has 0 radical (unpaired) electrons. The van der Waals surface area contributed by atoms with E-state index in [1.54, 1.807) is 0 Å². The van der Waals surface area contributed by atoms with Gasteiger partial charge in [-0.2, -0.15) is 0 Å². The zero-order valence-electron chi connectivity index (χ0n) is 14.5. The van der Waals surface area contributed by atoms with Gasteiger partial charge in [0, 0.05) is 29.7 Å². The van der Waals surface area contributed by atoms with Crippen LogP contribution in [0.15, 0.2) is 0 Å². The second-order valence-electron chi connectivity index (χ2n) is 8.20. The van der Waals surface area contributed by atoms with Gasteiger partial charge in [0.1, 0.15) is 0 Å². The van der Waals surface area contributed by atoms with Gasteiger partial charge >= 0.3 is 0 Å². The lowest BCUT2D eigenvalue weighted by atomic mass is 9.80. The number of likely N-dealkylation sites (tertiary alicyclic amines) is 1. The Morgan fingerprint density at radius 3 is 2.36 bits per heavy atom. The Morgan fingerprint density at radius 2 is 1.86 bits per heavy atom. The molecular weight excluding hydrogens is 278 g/mol. The molecule has 0 aromatic carbocycles. The van der Waals surface area contributed by atoms with E-state index in [-0.39, 0.29) is 23.1 Å². The lowest BCUT2D eigenvalue weighted by molar-refractivity contribution is -0.880. The van der Waals surface area contributed by atoms with Crippen LogP contribution in [-0.2, 0) is 9.59 Å². The second-order valence-corrected chi connectivity index (χ2v) is 8.20. The van der Waals surface area contributed by atoms with Gasteiger partial charge < -0.3 is 15.5 Å². The van der Waals surface area contributed by atoms with Crippen LogP contribution in [0.5, 0.6) is 0 Å². The minimum Gasteiger partial charge on any atom is -0.369 e. The van der Waals surface area contributed by atoms with Gasteiger partial charge in [0.05, 0.1) is 27.2 Å². The molecule has 1 heterocycles. The zero-order chi connectivity index (χ0) is 16.5. The fourth-order valence-electron chi connectivity index (χ4n) is 4.24. The number of nitrogens with two attached hydrogens (primary N) is 1. The van der Waals surface area contributed by atoms with Crippen molar-refractivity contribution in [3.8, 4) is 0 Å². The van der Waals surface area contributed by atoms with Crippen LogP contribution in [0, 0.1) is 23.2 Å². The summed E-state index contributed by atoms with van der Waals surface area (Å²) in [5, 5.41) is 3.00. The molecule has 1 aliphatic heterocycles. The molecule has 5 nitrogen and oxygen atoms in total. The van der Waals surface area contributed by atoms with Crippen LogP contribution in [0.1, 0.15) is 39.5 Å². The highest BCUT2D eigenvalue weighted by Gasteiger charge is 2.54. The Hall–Kier alpha value is -1.10. The van der Waals surface area contributed by atoms with E-state index in [1.807, 2.05) is 13.8 Å². The number of carbonyl (C=O) groups excluding carboxylic acids is 2. The van der Waals surface area contributed by atoms with E-state index in [9.17, 15) is 9.59 Å². The number of quaternary nitrogens is 1. The smallest absolute Gasteiger partial charge is 0.226 e. The lowest BCUT2D eigenvalue weighted by Gasteiger charge is -2.24. The molecule has 0 bridgehead atoms. The van der Waals surface area contributed by atoms with Crippen LogP contribution in [0.4, 0.5) is 0 Å². The first-order chi connectivity index (χ1) is 10.2. The monoisotopic (exact) mass is 310 g/mol. The van der Waals surface area contributed by atoms with Gasteiger partial charge in [-0.25, -0.2) is 0 Å². The Morgan fingerprint density at radius 1 is 1.27 bits per heavy atom. The number of rotatable bonds is 7. The summed E-state index contributed by atoms with van der Waals surface area (Å²) in [6, 6.07) is 0. The SMILES string of the molecule is CCNC(=O)C1(CC2C[N+](C)(C)CC2CC(C)C(N)=O)CC1. The average molecular weight is 310 g/mol. The average Bonchev–Trinajstić information content (AvgIpc) is 3.11. The normalized spacial score (nSPS) is 29.8. The van der Waals surface area contributed by atoms with E-state index in [0.717, 1.165) is 43.3 Å². The topological polar surface area (TPSA) is 72.2 Å². The first-order valence-electron chi connectivity index (χ1n) is 8.59. The molecule has 2 aliphatic rings. The van der Waals surface area contributed by atoms with Crippen molar-refractivity contribution in [2.45, 2.75) is 39.5 Å². The van der Waals surface area contributed by atoms with E-state index >= 15 is 0 Å². The van der Waals surface area contributed by atoms with Crippen LogP contribution in [-0.4, -0.2) is 50.0 Å². The number of amides is 2. The van der Waals surface area contributed by atoms with Crippen molar-refractivity contribution >= 4 is 11.8 Å². The van der Waals surface area contributed by atoms with E-state index < -0.39 is 0 Å². The lowest BCUT2D eigenvalue weighted by Crippen LogP contribution is -2.38. The largest absolute Gasteiger partial charge is 0.369 e. The van der Waals surface area contributed by atoms with Gasteiger partial charge in [-0.15, -0.1) is 0 Å². The molecule has 1 saturated heterocycles. The highest BCUT2D eigenvalue weighted by Crippen LogP contribution is 2.53. The third-order valence-electron chi connectivity index (χ3n) is 5.59. The predicted molar refractivity (Wildman–Crippen MR) is 86.8 cm³/mol. The Kier molecular flexibility index (Phi) is 4.85. The zero-order valence-corrected chi connectivity index (χ0v) is 14.5. The molecule has 5 heteroatoms. The number of hydrogen-bond donors (Lipinski definition) is 2. The molecule has 3 unspecified atom stereocenters. The van der Waals surface area contributed by atoms with Gasteiger partial charge in [0.2, 0.25) is 11.8 Å². The second kappa shape index (κ2) is 6.19. The van der Waals surface area contributed by atoms with E-state index in [0.29, 0.717) is 18.4 Å². The minimum atomic E-state index is -0.208. The Bertz CT molecular complexity index is 443. The number of carbonyl (C=O) groups is 2. The van der Waals surface area contributed by atoms with Gasteiger partial charge in [-0.1, -0.05) is 6.92 Å². The highest BCUT2D eigenvalue weighted by molar-refractivity contribution is 5.85. The summed E-state index contributed by atoms with van der Waals surface area (Å²) in [5.74, 6) is 0.950. The van der Waals surface area contributed by atoms with Crippen molar-refractivity contribution in [1.82, 2.24) is 5.32 Å². The number of nitrogens with one attached hydrogen (secondary N) is 1. The van der Waals surface area contributed by atoms with Gasteiger partial charge in [0.25, 0.3) is 0 Å². The summed E-state index contributed by atoms with van der Waals surface area (Å²) in [6.45, 7) is 6.77. The summed E-state index contributed by atoms with van der Waals surface area (Å²) < 4.78 is 0.978. The van der Waals surface area contributed by atoms with Crippen molar-refractivity contribution in [3.05, 3.63) is 0 Å². The van der Waals surface area contributed by atoms with Gasteiger partial charge in [-0.05, 0) is 32.6 Å². The third kappa shape index (κ3) is 3.80. The number of nitrogens with zero attached hydrogens (tertiary/aromatic N) is 1. The summed E-state index contributed by atoms with van der Waals surface area (Å²) >= 11 is 0. The molecule has 0 spiro atoms. The molecule has 2 amide bonds. The summed E-state index contributed by atoms with van der Waals surface area (Å²) in [4.78, 5) is 23.7. The van der Waals surface area contributed by atoms with Crippen molar-refractivity contribution < 1.29 is 14.1 Å². The molecular formula is C17H32N3O2+. The maximum absolute atomic E-state index is 12.3. The van der Waals surface area contributed by atoms with E-state index in [2.05, 4.69) is 19.4 Å². The number of hydrogen-bond acceptors (Lipinski definition) is 2. The van der Waals surface area contributed by atoms with Crippen molar-refractivity contribution in [2.24, 2.45) is 28.9 Å². The Labute approximate surface area is 134 Å². The van der Waals surface area contributed by atoms with Gasteiger partial charge in [-0.3, -0.25) is 9.59 Å². The molecule has 2 rings (SSSR count). The molecule has 1 saturated carbocycles. The van der Waals surface area contributed by atoms with Crippen molar-refractivity contribution in [1.29, 1.82) is 0 Å². The quantitative estimate of drug-likeness (QED) is 0.692. The van der Waals surface area contributed by atoms with Crippen molar-refractivity contribution in [3.63, 3.8) is 0 Å². The van der Waals surface area contributed by atoms with Crippen LogP contribution < -0.4 is 11.1 Å². The maximum Gasteiger partial charge on any atom is 0.226 e. The predicted octanol–water partition coefficient (Wildman–Crippen LogP) is 1.13. The Balaban J connectivity index is 2.03. The summed E-state index contributed by atoms with van der Waals surface area (Å²) in [6.07, 6.45) is 3.85. The molecule has 22 heavy (non-hydrogen) atoms.